The van der Waals surface area contributed by atoms with Gasteiger partial charge in [-0.25, -0.2) is 4.98 Å². The van der Waals surface area contributed by atoms with E-state index in [9.17, 15) is 4.79 Å². The molecule has 0 aliphatic rings. The number of hydrogen-bond donors (Lipinski definition) is 1. The lowest BCUT2D eigenvalue weighted by Gasteiger charge is -2.07. The van der Waals surface area contributed by atoms with E-state index in [0.717, 1.165) is 28.3 Å². The van der Waals surface area contributed by atoms with Crippen molar-refractivity contribution in [3.8, 4) is 33.6 Å². The van der Waals surface area contributed by atoms with Crippen molar-refractivity contribution in [3.05, 3.63) is 71.2 Å². The second-order valence-corrected chi connectivity index (χ2v) is 8.10. The molecule has 1 N–H and O–H groups in total. The van der Waals surface area contributed by atoms with E-state index in [-0.39, 0.29) is 5.91 Å². The molecule has 8 nitrogen and oxygen atoms in total. The Hall–Kier alpha value is -4.11. The summed E-state index contributed by atoms with van der Waals surface area (Å²) in [7, 11) is 4.78. The number of hydrogen-bond acceptors (Lipinski definition) is 7. The molecule has 0 atom stereocenters. The molecule has 2 aromatic heterocycles. The predicted molar refractivity (Wildman–Crippen MR) is 133 cm³/mol. The fourth-order valence-corrected chi connectivity index (χ4v) is 4.10. The van der Waals surface area contributed by atoms with Gasteiger partial charge in [-0.3, -0.25) is 4.79 Å². The number of benzene rings is 2. The third-order valence-electron chi connectivity index (χ3n) is 4.96. The highest BCUT2D eigenvalue weighted by Crippen LogP contribution is 2.29. The lowest BCUT2D eigenvalue weighted by atomic mass is 10.2. The first-order valence-electron chi connectivity index (χ1n) is 10.4. The zero-order valence-corrected chi connectivity index (χ0v) is 20.1. The zero-order chi connectivity index (χ0) is 24.1. The predicted octanol–water partition coefficient (Wildman–Crippen LogP) is 4.98. The number of amides is 1. The standard InChI is InChI=1S/C25H24N4O4S/c1-16-12-23(27-24(30)11-9-17-8-10-21(32-3)22(13-17)33-4)29(28-16)25-26-20(15-34-25)18-6-5-7-19(14-18)31-2/h5-15H,1-4H3,(H,27,30)/b11-9+. The van der Waals surface area contributed by atoms with Crippen LogP contribution in [0.3, 0.4) is 0 Å². The molecule has 174 valence electrons. The summed E-state index contributed by atoms with van der Waals surface area (Å²) in [6.07, 6.45) is 3.16. The number of rotatable bonds is 8. The van der Waals surface area contributed by atoms with Crippen LogP contribution < -0.4 is 19.5 Å². The third kappa shape index (κ3) is 5.10. The molecule has 0 unspecified atom stereocenters. The first-order valence-corrected chi connectivity index (χ1v) is 11.3. The Morgan fingerprint density at radius 2 is 1.85 bits per heavy atom. The van der Waals surface area contributed by atoms with E-state index < -0.39 is 0 Å². The smallest absolute Gasteiger partial charge is 0.249 e. The molecular formula is C25H24N4O4S. The normalized spacial score (nSPS) is 10.9. The van der Waals surface area contributed by atoms with Crippen molar-refractivity contribution in [3.63, 3.8) is 0 Å². The van der Waals surface area contributed by atoms with Crippen LogP contribution in [0, 0.1) is 6.92 Å². The molecule has 0 aliphatic carbocycles. The van der Waals surface area contributed by atoms with Gasteiger partial charge in [0.1, 0.15) is 11.6 Å². The maximum absolute atomic E-state index is 12.6. The summed E-state index contributed by atoms with van der Waals surface area (Å²) >= 11 is 1.44. The lowest BCUT2D eigenvalue weighted by molar-refractivity contribution is -0.111. The zero-order valence-electron chi connectivity index (χ0n) is 19.2. The van der Waals surface area contributed by atoms with Gasteiger partial charge in [-0.15, -0.1) is 11.3 Å². The van der Waals surface area contributed by atoms with Gasteiger partial charge in [0.05, 0.1) is 32.7 Å². The highest BCUT2D eigenvalue weighted by molar-refractivity contribution is 7.12. The summed E-state index contributed by atoms with van der Waals surface area (Å²) in [6, 6.07) is 14.9. The van der Waals surface area contributed by atoms with E-state index in [1.54, 1.807) is 50.3 Å². The number of nitrogens with zero attached hydrogens (tertiary/aromatic N) is 3. The SMILES string of the molecule is COc1cccc(-c2csc(-n3nc(C)cc3NC(=O)/C=C/c3ccc(OC)c(OC)c3)n2)c1. The van der Waals surface area contributed by atoms with Crippen molar-refractivity contribution in [1.82, 2.24) is 14.8 Å². The molecule has 0 spiro atoms. The molecule has 34 heavy (non-hydrogen) atoms. The molecule has 0 bridgehead atoms. The monoisotopic (exact) mass is 476 g/mol. The molecule has 9 heteroatoms. The summed E-state index contributed by atoms with van der Waals surface area (Å²) in [4.78, 5) is 17.3. The summed E-state index contributed by atoms with van der Waals surface area (Å²) in [5, 5.41) is 9.98. The second-order valence-electron chi connectivity index (χ2n) is 7.27. The van der Waals surface area contributed by atoms with Crippen LogP contribution in [0.5, 0.6) is 17.2 Å². The highest BCUT2D eigenvalue weighted by atomic mass is 32.1. The molecule has 0 radical (unpaired) electrons. The van der Waals surface area contributed by atoms with E-state index in [1.807, 2.05) is 42.6 Å². The van der Waals surface area contributed by atoms with Crippen molar-refractivity contribution in [2.24, 2.45) is 0 Å². The van der Waals surface area contributed by atoms with Gasteiger partial charge < -0.3 is 19.5 Å². The van der Waals surface area contributed by atoms with Crippen LogP contribution in [-0.2, 0) is 4.79 Å². The average Bonchev–Trinajstić information content (AvgIpc) is 3.49. The van der Waals surface area contributed by atoms with E-state index >= 15 is 0 Å². The maximum atomic E-state index is 12.6. The van der Waals surface area contributed by atoms with Crippen LogP contribution in [0.15, 0.2) is 60.0 Å². The summed E-state index contributed by atoms with van der Waals surface area (Å²) in [5.41, 5.74) is 3.31. The molecule has 1 amide bonds. The van der Waals surface area contributed by atoms with Gasteiger partial charge in [0.15, 0.2) is 11.5 Å². The molecule has 0 saturated heterocycles. The van der Waals surface area contributed by atoms with Gasteiger partial charge in [-0.05, 0) is 42.8 Å². The summed E-state index contributed by atoms with van der Waals surface area (Å²) < 4.78 is 17.5. The highest BCUT2D eigenvalue weighted by Gasteiger charge is 2.14. The van der Waals surface area contributed by atoms with Gasteiger partial charge in [-0.2, -0.15) is 9.78 Å². The molecule has 2 heterocycles. The molecule has 4 aromatic rings. The van der Waals surface area contributed by atoms with Crippen LogP contribution in [-0.4, -0.2) is 42.0 Å². The van der Waals surface area contributed by atoms with Gasteiger partial charge in [0.25, 0.3) is 0 Å². The van der Waals surface area contributed by atoms with Crippen LogP contribution in [0.4, 0.5) is 5.82 Å². The second kappa shape index (κ2) is 10.2. The van der Waals surface area contributed by atoms with Crippen molar-refractivity contribution in [1.29, 1.82) is 0 Å². The Balaban J connectivity index is 1.52. The number of carbonyl (C=O) groups excluding carboxylic acids is 1. The van der Waals surface area contributed by atoms with Gasteiger partial charge >= 0.3 is 0 Å². The number of ether oxygens (including phenoxy) is 3. The van der Waals surface area contributed by atoms with Gasteiger partial charge in [0, 0.05) is 23.1 Å². The third-order valence-corrected chi connectivity index (χ3v) is 5.77. The minimum atomic E-state index is -0.291. The van der Waals surface area contributed by atoms with Crippen LogP contribution in [0.25, 0.3) is 22.5 Å². The lowest BCUT2D eigenvalue weighted by Crippen LogP contribution is -2.12. The quantitative estimate of drug-likeness (QED) is 0.361. The Kier molecular flexibility index (Phi) is 6.93. The fraction of sp³-hybridized carbons (Fsp3) is 0.160. The Morgan fingerprint density at radius 3 is 2.62 bits per heavy atom. The number of carbonyl (C=O) groups is 1. The van der Waals surface area contributed by atoms with Crippen LogP contribution in [0.2, 0.25) is 0 Å². The number of thiazole rings is 1. The van der Waals surface area contributed by atoms with Gasteiger partial charge in [-0.1, -0.05) is 18.2 Å². The first-order chi connectivity index (χ1) is 16.5. The molecule has 0 saturated carbocycles. The van der Waals surface area contributed by atoms with Crippen molar-refractivity contribution in [2.75, 3.05) is 26.6 Å². The van der Waals surface area contributed by atoms with E-state index in [4.69, 9.17) is 19.2 Å². The molecule has 0 fully saturated rings. The average molecular weight is 477 g/mol. The number of aryl methyl sites for hydroxylation is 1. The van der Waals surface area contributed by atoms with E-state index in [0.29, 0.717) is 22.4 Å². The van der Waals surface area contributed by atoms with Gasteiger partial charge in [0.2, 0.25) is 11.0 Å². The van der Waals surface area contributed by atoms with Crippen LogP contribution >= 0.6 is 11.3 Å². The first kappa shape index (κ1) is 23.1. The van der Waals surface area contributed by atoms with Crippen molar-refractivity contribution in [2.45, 2.75) is 6.92 Å². The van der Waals surface area contributed by atoms with Crippen molar-refractivity contribution < 1.29 is 19.0 Å². The Morgan fingerprint density at radius 1 is 1.03 bits per heavy atom. The molecule has 2 aromatic carbocycles. The fourth-order valence-electron chi connectivity index (χ4n) is 3.31. The number of anilines is 1. The summed E-state index contributed by atoms with van der Waals surface area (Å²) in [6.45, 7) is 1.86. The van der Waals surface area contributed by atoms with E-state index in [2.05, 4.69) is 10.4 Å². The van der Waals surface area contributed by atoms with Crippen LogP contribution in [0.1, 0.15) is 11.3 Å². The minimum Gasteiger partial charge on any atom is -0.497 e. The summed E-state index contributed by atoms with van der Waals surface area (Å²) in [5.74, 6) is 2.22. The van der Waals surface area contributed by atoms with E-state index in [1.165, 1.54) is 17.4 Å². The Bertz CT molecular complexity index is 1340. The molecule has 4 rings (SSSR count). The minimum absolute atomic E-state index is 0.291. The number of nitrogens with one attached hydrogen (secondary N) is 1. The number of methoxy groups -OCH3 is 3. The molecular weight excluding hydrogens is 452 g/mol. The number of aromatic nitrogens is 3. The topological polar surface area (TPSA) is 87.5 Å². The maximum Gasteiger partial charge on any atom is 0.249 e. The van der Waals surface area contributed by atoms with Crippen molar-refractivity contribution >= 4 is 29.1 Å². The largest absolute Gasteiger partial charge is 0.497 e. The molecule has 0 aliphatic heterocycles. The Labute approximate surface area is 201 Å².